The van der Waals surface area contributed by atoms with Crippen LogP contribution in [-0.4, -0.2) is 40.9 Å². The molecule has 1 fully saturated rings. The van der Waals surface area contributed by atoms with Crippen molar-refractivity contribution >= 4 is 46.3 Å². The van der Waals surface area contributed by atoms with E-state index in [0.717, 1.165) is 12.8 Å². The maximum Gasteiger partial charge on any atom is 0.344 e. The second-order valence-electron chi connectivity index (χ2n) is 6.55. The van der Waals surface area contributed by atoms with Gasteiger partial charge in [-0.25, -0.2) is 4.79 Å². The Bertz CT molecular complexity index is 943. The van der Waals surface area contributed by atoms with Gasteiger partial charge in [0.15, 0.2) is 6.61 Å². The molecule has 0 spiro atoms. The summed E-state index contributed by atoms with van der Waals surface area (Å²) in [6.07, 6.45) is 3.49. The van der Waals surface area contributed by atoms with Gasteiger partial charge in [-0.2, -0.15) is 0 Å². The summed E-state index contributed by atoms with van der Waals surface area (Å²) >= 11 is 6.71. The van der Waals surface area contributed by atoms with E-state index in [2.05, 4.69) is 12.1 Å². The summed E-state index contributed by atoms with van der Waals surface area (Å²) in [5.74, 6) is -0.0183. The summed E-state index contributed by atoms with van der Waals surface area (Å²) in [6, 6.07) is 17.4. The van der Waals surface area contributed by atoms with E-state index in [-0.39, 0.29) is 12.5 Å². The minimum absolute atomic E-state index is 0.0988. The first-order valence-electron chi connectivity index (χ1n) is 9.75. The van der Waals surface area contributed by atoms with E-state index in [1.807, 2.05) is 36.4 Å². The Kier molecular flexibility index (Phi) is 8.04. The minimum atomic E-state index is -0.433. The van der Waals surface area contributed by atoms with Crippen LogP contribution in [0.15, 0.2) is 59.5 Å². The van der Waals surface area contributed by atoms with Gasteiger partial charge in [0.05, 0.1) is 11.5 Å². The Morgan fingerprint density at radius 3 is 2.63 bits per heavy atom. The average molecular weight is 442 g/mol. The van der Waals surface area contributed by atoms with Crippen LogP contribution in [0.5, 0.6) is 5.75 Å². The third kappa shape index (κ3) is 5.93. The van der Waals surface area contributed by atoms with Gasteiger partial charge >= 0.3 is 5.97 Å². The molecule has 1 aliphatic heterocycles. The number of rotatable bonds is 9. The van der Waals surface area contributed by atoms with Crippen LogP contribution in [0.1, 0.15) is 24.5 Å². The van der Waals surface area contributed by atoms with E-state index in [4.69, 9.17) is 21.7 Å². The summed E-state index contributed by atoms with van der Waals surface area (Å²) < 4.78 is 11.0. The Hall–Kier alpha value is -2.64. The number of esters is 1. The molecule has 156 valence electrons. The highest BCUT2D eigenvalue weighted by Gasteiger charge is 2.31. The van der Waals surface area contributed by atoms with Crippen molar-refractivity contribution in [2.24, 2.45) is 0 Å². The first-order valence-corrected chi connectivity index (χ1v) is 11.0. The van der Waals surface area contributed by atoms with Gasteiger partial charge in [0, 0.05) is 12.1 Å². The van der Waals surface area contributed by atoms with Crippen LogP contribution < -0.4 is 4.74 Å². The Labute approximate surface area is 186 Å². The topological polar surface area (TPSA) is 55.8 Å². The predicted molar refractivity (Wildman–Crippen MR) is 123 cm³/mol. The highest BCUT2D eigenvalue weighted by Crippen LogP contribution is 2.34. The van der Waals surface area contributed by atoms with Crippen LogP contribution in [-0.2, 0) is 20.7 Å². The normalized spacial score (nSPS) is 15.0. The summed E-state index contributed by atoms with van der Waals surface area (Å²) in [6.45, 7) is 2.45. The molecule has 0 N–H and O–H groups in total. The maximum absolute atomic E-state index is 12.9. The van der Waals surface area contributed by atoms with Crippen LogP contribution in [0.3, 0.4) is 0 Å². The zero-order valence-corrected chi connectivity index (χ0v) is 18.3. The molecule has 1 heterocycles. The second-order valence-corrected chi connectivity index (χ2v) is 8.23. The zero-order valence-electron chi connectivity index (χ0n) is 16.7. The molecule has 1 aliphatic rings. The van der Waals surface area contributed by atoms with E-state index in [1.165, 1.54) is 17.3 Å². The zero-order chi connectivity index (χ0) is 21.3. The summed E-state index contributed by atoms with van der Waals surface area (Å²) in [5, 5.41) is 0. The fourth-order valence-electron chi connectivity index (χ4n) is 2.99. The van der Waals surface area contributed by atoms with Gasteiger partial charge in [0.2, 0.25) is 0 Å². The molecule has 1 saturated heterocycles. The number of amides is 1. The number of benzene rings is 2. The molecule has 0 radical (unpaired) electrons. The third-order valence-corrected chi connectivity index (χ3v) is 5.80. The maximum atomic E-state index is 12.9. The minimum Gasteiger partial charge on any atom is -0.481 e. The highest BCUT2D eigenvalue weighted by atomic mass is 32.2. The molecule has 1 amide bonds. The number of thiocarbonyl (C=S) groups is 1. The van der Waals surface area contributed by atoms with Crippen molar-refractivity contribution in [1.29, 1.82) is 0 Å². The van der Waals surface area contributed by atoms with Crippen LogP contribution in [0.2, 0.25) is 0 Å². The van der Waals surface area contributed by atoms with Crippen molar-refractivity contribution in [2.75, 3.05) is 19.8 Å². The Morgan fingerprint density at radius 2 is 1.87 bits per heavy atom. The monoisotopic (exact) mass is 441 g/mol. The smallest absolute Gasteiger partial charge is 0.344 e. The van der Waals surface area contributed by atoms with Gasteiger partial charge in [0.25, 0.3) is 5.91 Å². The number of ether oxygens (including phenoxy) is 2. The lowest BCUT2D eigenvalue weighted by molar-refractivity contribution is -0.145. The molecule has 0 bridgehead atoms. The first kappa shape index (κ1) is 22.1. The lowest BCUT2D eigenvalue weighted by Gasteiger charge is -2.14. The summed E-state index contributed by atoms with van der Waals surface area (Å²) in [7, 11) is 0. The van der Waals surface area contributed by atoms with Crippen molar-refractivity contribution in [3.63, 3.8) is 0 Å². The Morgan fingerprint density at radius 1 is 1.13 bits per heavy atom. The molecule has 7 heteroatoms. The molecular formula is C23H23NO4S2. The molecule has 2 aromatic rings. The van der Waals surface area contributed by atoms with Gasteiger partial charge in [-0.1, -0.05) is 72.5 Å². The SMILES string of the molecule is CCOC(=O)COc1ccccc1/C=C1\SC(=S)N(CCCc2ccccc2)C1=O. The Balaban J connectivity index is 1.64. The van der Waals surface area contributed by atoms with Gasteiger partial charge in [-0.15, -0.1) is 0 Å². The fraction of sp³-hybridized carbons (Fsp3) is 0.261. The van der Waals surface area contributed by atoms with Gasteiger partial charge in [-0.05, 0) is 37.5 Å². The third-order valence-electron chi connectivity index (χ3n) is 4.42. The molecule has 0 unspecified atom stereocenters. The molecule has 30 heavy (non-hydrogen) atoms. The quantitative estimate of drug-likeness (QED) is 0.325. The molecule has 0 aliphatic carbocycles. The molecule has 0 atom stereocenters. The van der Waals surface area contributed by atoms with Gasteiger partial charge in [-0.3, -0.25) is 9.69 Å². The number of aryl methyl sites for hydroxylation is 1. The van der Waals surface area contributed by atoms with Crippen molar-refractivity contribution in [3.8, 4) is 5.75 Å². The molecule has 0 saturated carbocycles. The average Bonchev–Trinajstić information content (AvgIpc) is 3.01. The van der Waals surface area contributed by atoms with Crippen molar-refractivity contribution in [1.82, 2.24) is 4.90 Å². The molecule has 5 nitrogen and oxygen atoms in total. The van der Waals surface area contributed by atoms with Gasteiger partial charge < -0.3 is 9.47 Å². The number of para-hydroxylation sites is 1. The first-order chi connectivity index (χ1) is 14.6. The van der Waals surface area contributed by atoms with E-state index < -0.39 is 5.97 Å². The largest absolute Gasteiger partial charge is 0.481 e. The van der Waals surface area contributed by atoms with Crippen molar-refractivity contribution < 1.29 is 19.1 Å². The molecule has 2 aromatic carbocycles. The summed E-state index contributed by atoms with van der Waals surface area (Å²) in [5.41, 5.74) is 1.96. The lowest BCUT2D eigenvalue weighted by Crippen LogP contribution is -2.29. The van der Waals surface area contributed by atoms with Crippen LogP contribution in [0.4, 0.5) is 0 Å². The molecule has 0 aromatic heterocycles. The van der Waals surface area contributed by atoms with Crippen LogP contribution in [0, 0.1) is 0 Å². The van der Waals surface area contributed by atoms with E-state index >= 15 is 0 Å². The number of hydrogen-bond donors (Lipinski definition) is 0. The number of carbonyl (C=O) groups excluding carboxylic acids is 2. The lowest BCUT2D eigenvalue weighted by atomic mass is 10.1. The van der Waals surface area contributed by atoms with Gasteiger partial charge in [0.1, 0.15) is 10.1 Å². The second kappa shape index (κ2) is 10.9. The number of nitrogens with zero attached hydrogens (tertiary/aromatic N) is 1. The van der Waals surface area contributed by atoms with Crippen LogP contribution in [0.25, 0.3) is 6.08 Å². The standard InChI is InChI=1S/C23H23NO4S2/c1-2-27-21(25)16-28-19-13-7-6-12-18(19)15-20-22(26)24(23(29)30-20)14-8-11-17-9-4-3-5-10-17/h3-7,9-10,12-13,15H,2,8,11,14,16H2,1H3/b20-15-. The highest BCUT2D eigenvalue weighted by molar-refractivity contribution is 8.26. The van der Waals surface area contributed by atoms with E-state index in [9.17, 15) is 9.59 Å². The number of carbonyl (C=O) groups is 2. The molecular weight excluding hydrogens is 418 g/mol. The fourth-order valence-corrected chi connectivity index (χ4v) is 4.29. The number of thioether (sulfide) groups is 1. The van der Waals surface area contributed by atoms with Crippen molar-refractivity contribution in [2.45, 2.75) is 19.8 Å². The predicted octanol–water partition coefficient (Wildman–Crippen LogP) is 4.46. The van der Waals surface area contributed by atoms with E-state index in [0.29, 0.717) is 33.7 Å². The van der Waals surface area contributed by atoms with Crippen LogP contribution >= 0.6 is 24.0 Å². The number of hydrogen-bond acceptors (Lipinski definition) is 6. The van der Waals surface area contributed by atoms with E-state index in [1.54, 1.807) is 24.0 Å². The summed E-state index contributed by atoms with van der Waals surface area (Å²) in [4.78, 5) is 26.6. The van der Waals surface area contributed by atoms with Crippen molar-refractivity contribution in [3.05, 3.63) is 70.6 Å². The molecule has 3 rings (SSSR count).